The molecule has 0 spiro atoms. The highest BCUT2D eigenvalue weighted by molar-refractivity contribution is 9.10. The second-order valence-electron chi connectivity index (χ2n) is 4.44. The lowest BCUT2D eigenvalue weighted by Crippen LogP contribution is -2.05. The minimum absolute atomic E-state index is 0.739. The van der Waals surface area contributed by atoms with Crippen LogP contribution in [0.15, 0.2) is 71.5 Å². The minimum Gasteiger partial charge on any atom is -0.351 e. The Balaban J connectivity index is 1.78. The van der Waals surface area contributed by atoms with E-state index in [4.69, 9.17) is 0 Å². The molecule has 0 radical (unpaired) electrons. The van der Waals surface area contributed by atoms with Crippen molar-refractivity contribution >= 4 is 21.9 Å². The number of imidazole rings is 1. The molecule has 1 aromatic heterocycles. The van der Waals surface area contributed by atoms with Crippen LogP contribution in [0.1, 0.15) is 5.56 Å². The van der Waals surface area contributed by atoms with E-state index in [1.165, 1.54) is 5.56 Å². The summed E-state index contributed by atoms with van der Waals surface area (Å²) in [5.74, 6) is 0.844. The summed E-state index contributed by atoms with van der Waals surface area (Å²) in [5, 5.41) is 3.37. The number of hydrogen-bond donors (Lipinski definition) is 1. The van der Waals surface area contributed by atoms with E-state index in [9.17, 15) is 0 Å². The zero-order chi connectivity index (χ0) is 13.8. The molecule has 0 fully saturated rings. The van der Waals surface area contributed by atoms with Crippen LogP contribution in [0.5, 0.6) is 0 Å². The molecule has 1 heterocycles. The fourth-order valence-corrected chi connectivity index (χ4v) is 2.51. The van der Waals surface area contributed by atoms with Crippen LogP contribution in [0.3, 0.4) is 0 Å². The first-order chi connectivity index (χ1) is 9.83. The molecule has 0 unspecified atom stereocenters. The van der Waals surface area contributed by atoms with Crippen molar-refractivity contribution in [2.75, 3.05) is 5.32 Å². The molecule has 0 aliphatic heterocycles. The third-order valence-corrected chi connectivity index (χ3v) is 3.51. The maximum atomic E-state index is 4.37. The third kappa shape index (κ3) is 2.91. The van der Waals surface area contributed by atoms with Gasteiger partial charge in [-0.05, 0) is 29.8 Å². The van der Waals surface area contributed by atoms with Gasteiger partial charge in [0, 0.05) is 29.1 Å². The summed E-state index contributed by atoms with van der Waals surface area (Å²) < 4.78 is 3.13. The summed E-state index contributed by atoms with van der Waals surface area (Å²) >= 11 is 3.48. The number of rotatable bonds is 4. The largest absolute Gasteiger partial charge is 0.351 e. The van der Waals surface area contributed by atoms with Crippen molar-refractivity contribution in [2.45, 2.75) is 6.54 Å². The highest BCUT2D eigenvalue weighted by Gasteiger charge is 2.04. The highest BCUT2D eigenvalue weighted by Crippen LogP contribution is 2.16. The Bertz CT molecular complexity index is 692. The molecule has 1 N–H and O–H groups in total. The second-order valence-corrected chi connectivity index (χ2v) is 5.36. The molecule has 100 valence electrons. The van der Waals surface area contributed by atoms with Crippen LogP contribution in [0.25, 0.3) is 5.69 Å². The van der Waals surface area contributed by atoms with Crippen molar-refractivity contribution in [3.05, 3.63) is 77.0 Å². The molecule has 0 atom stereocenters. The summed E-state index contributed by atoms with van der Waals surface area (Å²) in [7, 11) is 0. The van der Waals surface area contributed by atoms with Gasteiger partial charge in [0.05, 0.1) is 0 Å². The van der Waals surface area contributed by atoms with Crippen LogP contribution >= 0.6 is 15.9 Å². The Hall–Kier alpha value is -2.07. The van der Waals surface area contributed by atoms with Crippen molar-refractivity contribution in [3.63, 3.8) is 0 Å². The van der Waals surface area contributed by atoms with Gasteiger partial charge in [-0.15, -0.1) is 0 Å². The lowest BCUT2D eigenvalue weighted by molar-refractivity contribution is 1.00. The van der Waals surface area contributed by atoms with E-state index in [0.29, 0.717) is 0 Å². The lowest BCUT2D eigenvalue weighted by atomic mass is 10.2. The Labute approximate surface area is 126 Å². The monoisotopic (exact) mass is 327 g/mol. The van der Waals surface area contributed by atoms with Crippen molar-refractivity contribution < 1.29 is 0 Å². The quantitative estimate of drug-likeness (QED) is 0.776. The number of hydrogen-bond acceptors (Lipinski definition) is 2. The Kier molecular flexibility index (Phi) is 3.83. The SMILES string of the molecule is Brc1cccc(CNc2nccn2-c2ccccc2)c1. The van der Waals surface area contributed by atoms with Crippen molar-refractivity contribution in [1.29, 1.82) is 0 Å². The molecule has 3 rings (SSSR count). The highest BCUT2D eigenvalue weighted by atomic mass is 79.9. The van der Waals surface area contributed by atoms with Gasteiger partial charge in [-0.25, -0.2) is 4.98 Å². The molecule has 2 aromatic carbocycles. The van der Waals surface area contributed by atoms with Crippen LogP contribution in [-0.2, 0) is 6.54 Å². The molecule has 0 amide bonds. The minimum atomic E-state index is 0.739. The number of aromatic nitrogens is 2. The number of para-hydroxylation sites is 1. The Morgan fingerprint density at radius 2 is 1.90 bits per heavy atom. The molecule has 4 heteroatoms. The first-order valence-electron chi connectivity index (χ1n) is 6.40. The van der Waals surface area contributed by atoms with Gasteiger partial charge in [-0.2, -0.15) is 0 Å². The van der Waals surface area contributed by atoms with E-state index in [-0.39, 0.29) is 0 Å². The standard InChI is InChI=1S/C16H14BrN3/c17-14-6-4-5-13(11-14)12-19-16-18-9-10-20(16)15-7-2-1-3-8-15/h1-11H,12H2,(H,18,19). The first kappa shape index (κ1) is 12.9. The van der Waals surface area contributed by atoms with Gasteiger partial charge in [-0.3, -0.25) is 4.57 Å². The summed E-state index contributed by atoms with van der Waals surface area (Å²) in [6, 6.07) is 18.4. The van der Waals surface area contributed by atoms with Gasteiger partial charge in [0.2, 0.25) is 5.95 Å². The Morgan fingerprint density at radius 1 is 1.05 bits per heavy atom. The summed E-state index contributed by atoms with van der Waals surface area (Å²) in [6.07, 6.45) is 3.76. The number of benzene rings is 2. The maximum absolute atomic E-state index is 4.37. The number of anilines is 1. The molecule has 0 saturated heterocycles. The van der Waals surface area contributed by atoms with Crippen LogP contribution < -0.4 is 5.32 Å². The predicted octanol–water partition coefficient (Wildman–Crippen LogP) is 4.25. The van der Waals surface area contributed by atoms with Crippen molar-refractivity contribution in [2.24, 2.45) is 0 Å². The van der Waals surface area contributed by atoms with Crippen molar-refractivity contribution in [1.82, 2.24) is 9.55 Å². The van der Waals surface area contributed by atoms with Gasteiger partial charge in [-0.1, -0.05) is 46.3 Å². The van der Waals surface area contributed by atoms with Crippen molar-refractivity contribution in [3.8, 4) is 5.69 Å². The maximum Gasteiger partial charge on any atom is 0.207 e. The normalized spacial score (nSPS) is 10.4. The zero-order valence-electron chi connectivity index (χ0n) is 10.8. The molecule has 0 saturated carbocycles. The van der Waals surface area contributed by atoms with Crippen LogP contribution in [-0.4, -0.2) is 9.55 Å². The van der Waals surface area contributed by atoms with E-state index >= 15 is 0 Å². The topological polar surface area (TPSA) is 29.9 Å². The second kappa shape index (κ2) is 5.92. The summed E-state index contributed by atoms with van der Waals surface area (Å²) in [4.78, 5) is 4.37. The predicted molar refractivity (Wildman–Crippen MR) is 85.0 cm³/mol. The van der Waals surface area contributed by atoms with Gasteiger partial charge < -0.3 is 5.32 Å². The smallest absolute Gasteiger partial charge is 0.207 e. The molecular weight excluding hydrogens is 314 g/mol. The van der Waals surface area contributed by atoms with E-state index in [1.807, 2.05) is 41.1 Å². The molecule has 0 aliphatic carbocycles. The fraction of sp³-hybridized carbons (Fsp3) is 0.0625. The van der Waals surface area contributed by atoms with Crippen LogP contribution in [0.2, 0.25) is 0 Å². The van der Waals surface area contributed by atoms with E-state index in [2.05, 4.69) is 50.5 Å². The van der Waals surface area contributed by atoms with Crippen LogP contribution in [0.4, 0.5) is 5.95 Å². The molecular formula is C16H14BrN3. The zero-order valence-corrected chi connectivity index (χ0v) is 12.4. The fourth-order valence-electron chi connectivity index (χ4n) is 2.06. The molecule has 0 aliphatic rings. The van der Waals surface area contributed by atoms with E-state index in [1.54, 1.807) is 6.20 Å². The van der Waals surface area contributed by atoms with E-state index in [0.717, 1.165) is 22.7 Å². The number of nitrogens with zero attached hydrogens (tertiary/aromatic N) is 2. The first-order valence-corrected chi connectivity index (χ1v) is 7.19. The summed E-state index contributed by atoms with van der Waals surface area (Å²) in [6.45, 7) is 0.739. The average molecular weight is 328 g/mol. The number of nitrogens with one attached hydrogen (secondary N) is 1. The Morgan fingerprint density at radius 3 is 2.70 bits per heavy atom. The lowest BCUT2D eigenvalue weighted by Gasteiger charge is -2.10. The molecule has 3 nitrogen and oxygen atoms in total. The van der Waals surface area contributed by atoms with Gasteiger partial charge >= 0.3 is 0 Å². The third-order valence-electron chi connectivity index (χ3n) is 3.01. The van der Waals surface area contributed by atoms with Crippen LogP contribution in [0, 0.1) is 0 Å². The van der Waals surface area contributed by atoms with Gasteiger partial charge in [0.25, 0.3) is 0 Å². The molecule has 20 heavy (non-hydrogen) atoms. The number of halogens is 1. The molecule has 3 aromatic rings. The summed E-state index contributed by atoms with van der Waals surface area (Å²) in [5.41, 5.74) is 2.31. The van der Waals surface area contributed by atoms with Gasteiger partial charge in [0.1, 0.15) is 0 Å². The molecule has 0 bridgehead atoms. The van der Waals surface area contributed by atoms with Gasteiger partial charge in [0.15, 0.2) is 0 Å². The van der Waals surface area contributed by atoms with E-state index < -0.39 is 0 Å². The average Bonchev–Trinajstić information content (AvgIpc) is 2.95.